The number of benzene rings is 2. The lowest BCUT2D eigenvalue weighted by molar-refractivity contribution is -0.150. The summed E-state index contributed by atoms with van der Waals surface area (Å²) in [6.07, 6.45) is 0.534. The van der Waals surface area contributed by atoms with E-state index in [1.165, 1.54) is 50.6 Å². The number of carbonyl (C=O) groups is 3. The van der Waals surface area contributed by atoms with E-state index < -0.39 is 53.5 Å². The number of amides is 1. The van der Waals surface area contributed by atoms with Crippen LogP contribution in [0.4, 0.5) is 8.78 Å². The molecule has 0 saturated heterocycles. The van der Waals surface area contributed by atoms with E-state index in [0.717, 1.165) is 0 Å². The minimum Gasteiger partial charge on any atom is -0.493 e. The largest absolute Gasteiger partial charge is 0.493 e. The van der Waals surface area contributed by atoms with Crippen molar-refractivity contribution in [3.63, 3.8) is 0 Å². The molecule has 0 spiro atoms. The fourth-order valence-electron chi connectivity index (χ4n) is 3.82. The fourth-order valence-corrected chi connectivity index (χ4v) is 3.82. The van der Waals surface area contributed by atoms with Crippen LogP contribution in [-0.2, 0) is 14.3 Å². The van der Waals surface area contributed by atoms with Gasteiger partial charge in [-0.1, -0.05) is 38.1 Å². The van der Waals surface area contributed by atoms with E-state index in [1.807, 2.05) is 0 Å². The first-order valence-electron chi connectivity index (χ1n) is 12.3. The molecule has 39 heavy (non-hydrogen) atoms. The van der Waals surface area contributed by atoms with Crippen molar-refractivity contribution in [2.75, 3.05) is 7.11 Å². The van der Waals surface area contributed by atoms with Crippen molar-refractivity contribution in [1.82, 2.24) is 10.3 Å². The maximum atomic E-state index is 13.6. The van der Waals surface area contributed by atoms with Crippen LogP contribution >= 0.6 is 0 Å². The van der Waals surface area contributed by atoms with Gasteiger partial charge in [-0.15, -0.1) is 0 Å². The molecule has 1 unspecified atom stereocenters. The second kappa shape index (κ2) is 12.9. The second-order valence-electron chi connectivity index (χ2n) is 9.18. The van der Waals surface area contributed by atoms with Gasteiger partial charge < -0.3 is 19.5 Å². The number of nitrogens with zero attached hydrogens (tertiary/aromatic N) is 1. The predicted molar refractivity (Wildman–Crippen MR) is 138 cm³/mol. The molecular formula is C29H30F2N2O6. The van der Waals surface area contributed by atoms with Crippen molar-refractivity contribution >= 4 is 17.8 Å². The normalized spacial score (nSPS) is 12.5. The molecule has 1 amide bonds. The molecule has 0 aliphatic rings. The van der Waals surface area contributed by atoms with Gasteiger partial charge in [-0.05, 0) is 49.2 Å². The van der Waals surface area contributed by atoms with Gasteiger partial charge in [0.05, 0.1) is 13.0 Å². The summed E-state index contributed by atoms with van der Waals surface area (Å²) in [6.45, 7) is 6.35. The summed E-state index contributed by atoms with van der Waals surface area (Å²) < 4.78 is 43.3. The molecule has 2 aromatic carbocycles. The number of halogens is 2. The molecule has 0 radical (unpaired) electrons. The van der Waals surface area contributed by atoms with Crippen LogP contribution in [0.25, 0.3) is 0 Å². The Morgan fingerprint density at radius 2 is 1.36 bits per heavy atom. The highest BCUT2D eigenvalue weighted by Crippen LogP contribution is 2.32. The Labute approximate surface area is 225 Å². The summed E-state index contributed by atoms with van der Waals surface area (Å²) in [5.74, 6) is -4.06. The molecule has 10 heteroatoms. The van der Waals surface area contributed by atoms with Crippen molar-refractivity contribution in [1.29, 1.82) is 0 Å². The van der Waals surface area contributed by atoms with Crippen molar-refractivity contribution in [3.8, 4) is 11.5 Å². The third-order valence-corrected chi connectivity index (χ3v) is 5.91. The van der Waals surface area contributed by atoms with Crippen LogP contribution in [0.1, 0.15) is 55.2 Å². The quantitative estimate of drug-likeness (QED) is 0.368. The summed E-state index contributed by atoms with van der Waals surface area (Å²) in [7, 11) is 1.35. The molecule has 1 aromatic heterocycles. The molecule has 1 heterocycles. The minimum absolute atomic E-state index is 0.120. The van der Waals surface area contributed by atoms with Crippen LogP contribution in [-0.4, -0.2) is 42.1 Å². The third kappa shape index (κ3) is 7.37. The van der Waals surface area contributed by atoms with E-state index in [2.05, 4.69) is 10.3 Å². The number of rotatable bonds is 10. The Balaban J connectivity index is 1.78. The van der Waals surface area contributed by atoms with Crippen molar-refractivity contribution in [2.24, 2.45) is 5.92 Å². The van der Waals surface area contributed by atoms with E-state index in [1.54, 1.807) is 45.0 Å². The van der Waals surface area contributed by atoms with Crippen LogP contribution in [0.15, 0.2) is 60.8 Å². The van der Waals surface area contributed by atoms with E-state index >= 15 is 0 Å². The Morgan fingerprint density at radius 3 is 1.85 bits per heavy atom. The van der Waals surface area contributed by atoms with Gasteiger partial charge in [0.25, 0.3) is 5.91 Å². The van der Waals surface area contributed by atoms with Gasteiger partial charge in [0.1, 0.15) is 23.8 Å². The van der Waals surface area contributed by atoms with E-state index in [-0.39, 0.29) is 17.2 Å². The molecule has 3 rings (SSSR count). The smallest absolute Gasteiger partial charge is 0.328 e. The first kappa shape index (κ1) is 29.2. The average Bonchev–Trinajstić information content (AvgIpc) is 2.90. The van der Waals surface area contributed by atoms with Gasteiger partial charge in [-0.3, -0.25) is 9.59 Å². The van der Waals surface area contributed by atoms with E-state index in [4.69, 9.17) is 14.2 Å². The zero-order chi connectivity index (χ0) is 28.7. The summed E-state index contributed by atoms with van der Waals surface area (Å²) in [5.41, 5.74) is 1.06. The van der Waals surface area contributed by atoms with Gasteiger partial charge in [-0.2, -0.15) is 0 Å². The Bertz CT molecular complexity index is 1270. The van der Waals surface area contributed by atoms with Gasteiger partial charge in [-0.25, -0.2) is 18.6 Å². The van der Waals surface area contributed by atoms with E-state index in [9.17, 15) is 23.2 Å². The lowest BCUT2D eigenvalue weighted by atomic mass is 9.87. The summed E-state index contributed by atoms with van der Waals surface area (Å²) in [5, 5.41) is 2.51. The Hall–Kier alpha value is -4.34. The Kier molecular flexibility index (Phi) is 9.70. The first-order valence-corrected chi connectivity index (χ1v) is 12.3. The van der Waals surface area contributed by atoms with Crippen molar-refractivity contribution in [2.45, 2.75) is 45.8 Å². The average molecular weight is 541 g/mol. The maximum Gasteiger partial charge on any atom is 0.328 e. The molecule has 2 atom stereocenters. The standard InChI is InChI=1S/C29H30F2N2O6/c1-16(2)28(35)39-26-23(37-5)14-15-32-25(26)27(34)33-17(3)29(36)38-18(4)24(19-6-10-21(30)11-7-19)20-8-12-22(31)13-9-20/h6-18,24H,1-5H3,(H,33,34)/t17-,18?/m0/s1. The zero-order valence-corrected chi connectivity index (χ0v) is 22.2. The number of esters is 2. The molecule has 3 aromatic rings. The first-order chi connectivity index (χ1) is 18.5. The van der Waals surface area contributed by atoms with Crippen LogP contribution in [0, 0.1) is 17.6 Å². The second-order valence-corrected chi connectivity index (χ2v) is 9.18. The number of hydrogen-bond acceptors (Lipinski definition) is 7. The lowest BCUT2D eigenvalue weighted by Crippen LogP contribution is -2.41. The highest BCUT2D eigenvalue weighted by molar-refractivity contribution is 5.98. The molecule has 0 bridgehead atoms. The summed E-state index contributed by atoms with van der Waals surface area (Å²) in [6, 6.07) is 11.7. The third-order valence-electron chi connectivity index (χ3n) is 5.91. The molecule has 206 valence electrons. The molecule has 1 N–H and O–H groups in total. The summed E-state index contributed by atoms with van der Waals surface area (Å²) in [4.78, 5) is 42.2. The van der Waals surface area contributed by atoms with E-state index in [0.29, 0.717) is 11.1 Å². The maximum absolute atomic E-state index is 13.6. The molecule has 8 nitrogen and oxygen atoms in total. The monoisotopic (exact) mass is 540 g/mol. The van der Waals surface area contributed by atoms with Crippen molar-refractivity contribution in [3.05, 3.63) is 89.2 Å². The minimum atomic E-state index is -1.12. The summed E-state index contributed by atoms with van der Waals surface area (Å²) >= 11 is 0. The highest BCUT2D eigenvalue weighted by Gasteiger charge is 2.29. The SMILES string of the molecule is COc1ccnc(C(=O)N[C@@H](C)C(=O)OC(C)C(c2ccc(F)cc2)c2ccc(F)cc2)c1OC(=O)C(C)C. The fraction of sp³-hybridized carbons (Fsp3) is 0.310. The van der Waals surface area contributed by atoms with Crippen LogP contribution in [0.5, 0.6) is 11.5 Å². The van der Waals surface area contributed by atoms with Crippen LogP contribution in [0.3, 0.4) is 0 Å². The molecule has 0 aliphatic carbocycles. The molecule has 0 aliphatic heterocycles. The number of hydrogen-bond donors (Lipinski definition) is 1. The number of carbonyl (C=O) groups excluding carboxylic acids is 3. The Morgan fingerprint density at radius 1 is 0.821 bits per heavy atom. The number of ether oxygens (including phenoxy) is 3. The number of methoxy groups -OCH3 is 1. The van der Waals surface area contributed by atoms with Crippen LogP contribution in [0.2, 0.25) is 0 Å². The molecule has 0 fully saturated rings. The molecular weight excluding hydrogens is 510 g/mol. The topological polar surface area (TPSA) is 104 Å². The number of aromatic nitrogens is 1. The predicted octanol–water partition coefficient (Wildman–Crippen LogP) is 4.81. The van der Waals surface area contributed by atoms with Crippen molar-refractivity contribution < 1.29 is 37.4 Å². The zero-order valence-electron chi connectivity index (χ0n) is 22.2. The number of nitrogens with one attached hydrogen (secondary N) is 1. The van der Waals surface area contributed by atoms with Gasteiger partial charge in [0.15, 0.2) is 11.4 Å². The van der Waals surface area contributed by atoms with Crippen LogP contribution < -0.4 is 14.8 Å². The lowest BCUT2D eigenvalue weighted by Gasteiger charge is -2.26. The molecule has 0 saturated carbocycles. The van der Waals surface area contributed by atoms with Gasteiger partial charge >= 0.3 is 11.9 Å². The highest BCUT2D eigenvalue weighted by atomic mass is 19.1. The van der Waals surface area contributed by atoms with Gasteiger partial charge in [0, 0.05) is 18.2 Å². The van der Waals surface area contributed by atoms with Gasteiger partial charge in [0.2, 0.25) is 5.75 Å². The number of pyridine rings is 1.